The molecule has 0 unspecified atom stereocenters. The summed E-state index contributed by atoms with van der Waals surface area (Å²) in [5.74, 6) is 0.338. The van der Waals surface area contributed by atoms with Crippen LogP contribution < -0.4 is 5.32 Å². The first-order valence-electron chi connectivity index (χ1n) is 23.4. The van der Waals surface area contributed by atoms with Crippen LogP contribution in [0.25, 0.3) is 72.8 Å². The van der Waals surface area contributed by atoms with Crippen LogP contribution in [0, 0.1) is 5.41 Å². The molecule has 8 nitrogen and oxygen atoms in total. The lowest BCUT2D eigenvalue weighted by Crippen LogP contribution is -2.54. The minimum Gasteiger partial charge on any atom is -0.460 e. The second kappa shape index (κ2) is 22.4. The first-order valence-corrected chi connectivity index (χ1v) is 28.8. The molecule has 0 spiro atoms. The number of nitrogens with one attached hydrogen (secondary N) is 1. The third-order valence-electron chi connectivity index (χ3n) is 12.3. The fraction of sp³-hybridized carbons (Fsp3) is 0.153. The zero-order valence-electron chi connectivity index (χ0n) is 39.7. The van der Waals surface area contributed by atoms with Crippen molar-refractivity contribution in [2.24, 2.45) is 5.41 Å². The molecule has 0 bridgehead atoms. The van der Waals surface area contributed by atoms with Gasteiger partial charge in [0.05, 0.1) is 10.2 Å². The van der Waals surface area contributed by atoms with Crippen LogP contribution >= 0.6 is 69.3 Å². The zero-order valence-corrected chi connectivity index (χ0v) is 44.6. The Labute approximate surface area is 447 Å². The van der Waals surface area contributed by atoms with Gasteiger partial charge in [-0.2, -0.15) is 0 Å². The Bertz CT molecular complexity index is 3470. The number of thiazole rings is 1. The number of hydrogen-bond acceptors (Lipinski definition) is 13. The number of ether oxygens (including phenoxy) is 3. The second-order valence-corrected chi connectivity index (χ2v) is 24.3. The van der Waals surface area contributed by atoms with E-state index < -0.39 is 29.0 Å². The van der Waals surface area contributed by atoms with E-state index in [1.807, 2.05) is 40.9 Å². The molecule has 3 aromatic heterocycles. The van der Waals surface area contributed by atoms with Gasteiger partial charge in [-0.15, -0.1) is 57.5 Å². The Hall–Kier alpha value is -6.39. The molecule has 7 aromatic carbocycles. The lowest BCUT2D eigenvalue weighted by molar-refractivity contribution is -0.144. The van der Waals surface area contributed by atoms with Gasteiger partial charge >= 0.3 is 18.0 Å². The van der Waals surface area contributed by atoms with Crippen LogP contribution in [0.5, 0.6) is 0 Å². The number of aromatic nitrogens is 1. The van der Waals surface area contributed by atoms with Crippen molar-refractivity contribution >= 4 is 138 Å². The van der Waals surface area contributed by atoms with Gasteiger partial charge in [0, 0.05) is 85.0 Å². The number of carbonyl (C=O) groups is 3. The highest BCUT2D eigenvalue weighted by atomic mass is 32.2. The maximum Gasteiger partial charge on any atom is 0.407 e. The van der Waals surface area contributed by atoms with Crippen LogP contribution in [-0.4, -0.2) is 65.6 Å². The minimum absolute atomic E-state index is 0.0211. The van der Waals surface area contributed by atoms with Gasteiger partial charge < -0.3 is 19.5 Å². The Morgan fingerprint density at radius 1 is 0.548 bits per heavy atom. The molecule has 14 heteroatoms. The topological polar surface area (TPSA) is 104 Å². The van der Waals surface area contributed by atoms with Crippen molar-refractivity contribution in [1.29, 1.82) is 0 Å². The second-order valence-electron chi connectivity index (χ2n) is 17.8. The van der Waals surface area contributed by atoms with E-state index in [2.05, 4.69) is 158 Å². The third-order valence-corrected chi connectivity index (χ3v) is 19.9. The number of hydrogen-bond donors (Lipinski definition) is 1. The summed E-state index contributed by atoms with van der Waals surface area (Å²) < 4.78 is 24.1. The number of rotatable bonds is 20. The number of amides is 1. The van der Waals surface area contributed by atoms with Gasteiger partial charge in [0.25, 0.3) is 0 Å². The average Bonchev–Trinajstić information content (AvgIpc) is 4.15. The summed E-state index contributed by atoms with van der Waals surface area (Å²) >= 11 is 10.4. The molecule has 1 amide bonds. The number of para-hydroxylation sites is 1. The van der Waals surface area contributed by atoms with Crippen LogP contribution in [0.4, 0.5) is 4.79 Å². The molecule has 0 atom stereocenters. The van der Waals surface area contributed by atoms with Crippen molar-refractivity contribution in [3.8, 4) is 22.3 Å². The standard InChI is InChI=1S/C59H48N2O6S6/c1-4-52(62)65-32-58(3,33-66-53(63)5-2)61-56(64)67-34-59(37-70-57-60-48-26-8-11-29-51(48)73-57,35-68-40-18-12-16-38(30-40)42-22-14-24-46-44-20-6-9-27-49(44)71-54(42)46)36-69-41-19-13-17-39(31-41)43-23-15-25-47-45-21-7-10-28-50(45)72-55(43)47/h4-31H,1-2,32-37H2,3H3,(H,61,64). The summed E-state index contributed by atoms with van der Waals surface area (Å²) in [5.41, 5.74) is 3.55. The zero-order chi connectivity index (χ0) is 50.4. The van der Waals surface area contributed by atoms with Crippen molar-refractivity contribution < 1.29 is 28.6 Å². The number of thiophene rings is 2. The van der Waals surface area contributed by atoms with Gasteiger partial charge in [-0.1, -0.05) is 134 Å². The molecule has 0 aliphatic carbocycles. The number of thioether (sulfide) groups is 3. The normalized spacial score (nSPS) is 11.8. The average molecular weight is 1070 g/mol. The van der Waals surface area contributed by atoms with Crippen LogP contribution in [0.1, 0.15) is 6.92 Å². The molecule has 0 fully saturated rings. The fourth-order valence-corrected chi connectivity index (χ4v) is 15.9. The Balaban J connectivity index is 0.987. The Morgan fingerprint density at radius 2 is 1.03 bits per heavy atom. The van der Waals surface area contributed by atoms with Gasteiger partial charge in [0.2, 0.25) is 0 Å². The van der Waals surface area contributed by atoms with Crippen molar-refractivity contribution in [1.82, 2.24) is 10.3 Å². The molecule has 10 aromatic rings. The number of alkyl carbamates (subject to hydrolysis) is 1. The van der Waals surface area contributed by atoms with Crippen molar-refractivity contribution in [3.63, 3.8) is 0 Å². The third kappa shape index (κ3) is 11.5. The van der Waals surface area contributed by atoms with E-state index >= 15 is 0 Å². The summed E-state index contributed by atoms with van der Waals surface area (Å²) in [6.45, 7) is 7.99. The van der Waals surface area contributed by atoms with Crippen molar-refractivity contribution in [3.05, 3.63) is 183 Å². The van der Waals surface area contributed by atoms with Gasteiger partial charge in [-0.05, 0) is 77.7 Å². The van der Waals surface area contributed by atoms with Crippen LogP contribution in [-0.2, 0) is 23.8 Å². The number of fused-ring (bicyclic) bond motifs is 7. The van der Waals surface area contributed by atoms with E-state index in [9.17, 15) is 14.4 Å². The maximum atomic E-state index is 14.1. The highest BCUT2D eigenvalue weighted by Crippen LogP contribution is 2.45. The first kappa shape index (κ1) is 50.2. The molecule has 1 N–H and O–H groups in total. The lowest BCUT2D eigenvalue weighted by Gasteiger charge is -2.34. The van der Waals surface area contributed by atoms with E-state index in [1.54, 1.807) is 53.5 Å². The van der Waals surface area contributed by atoms with Crippen LogP contribution in [0.15, 0.2) is 197 Å². The van der Waals surface area contributed by atoms with E-state index in [-0.39, 0.29) is 19.8 Å². The summed E-state index contributed by atoms with van der Waals surface area (Å²) in [6, 6.07) is 55.7. The minimum atomic E-state index is -1.34. The molecule has 0 saturated heterocycles. The number of benzene rings is 7. The summed E-state index contributed by atoms with van der Waals surface area (Å²) in [7, 11) is 0. The van der Waals surface area contributed by atoms with E-state index in [0.29, 0.717) is 17.3 Å². The molecule has 0 radical (unpaired) electrons. The molecular weight excluding hydrogens is 1030 g/mol. The highest BCUT2D eigenvalue weighted by Gasteiger charge is 2.36. The number of esters is 2. The summed E-state index contributed by atoms with van der Waals surface area (Å²) in [6.07, 6.45) is 1.30. The molecule has 366 valence electrons. The highest BCUT2D eigenvalue weighted by molar-refractivity contribution is 8.02. The quantitative estimate of drug-likeness (QED) is 0.0343. The Morgan fingerprint density at radius 3 is 1.56 bits per heavy atom. The predicted molar refractivity (Wildman–Crippen MR) is 309 cm³/mol. The fourth-order valence-electron chi connectivity index (χ4n) is 8.50. The van der Waals surface area contributed by atoms with Gasteiger partial charge in [-0.25, -0.2) is 19.4 Å². The molecule has 73 heavy (non-hydrogen) atoms. The first-order chi connectivity index (χ1) is 35.6. The van der Waals surface area contributed by atoms with Crippen molar-refractivity contribution in [2.45, 2.75) is 26.6 Å². The largest absolute Gasteiger partial charge is 0.460 e. The van der Waals surface area contributed by atoms with Crippen LogP contribution in [0.3, 0.4) is 0 Å². The van der Waals surface area contributed by atoms with Gasteiger partial charge in [-0.3, -0.25) is 0 Å². The lowest BCUT2D eigenvalue weighted by atomic mass is 9.97. The Kier molecular flexibility index (Phi) is 15.4. The van der Waals surface area contributed by atoms with E-state index in [0.717, 1.165) is 47.6 Å². The maximum absolute atomic E-state index is 14.1. The van der Waals surface area contributed by atoms with E-state index in [4.69, 9.17) is 19.2 Å². The summed E-state index contributed by atoms with van der Waals surface area (Å²) in [4.78, 5) is 45.7. The van der Waals surface area contributed by atoms with Crippen molar-refractivity contribution in [2.75, 3.05) is 37.1 Å². The monoisotopic (exact) mass is 1070 g/mol. The number of nitrogens with zero attached hydrogens (tertiary/aromatic N) is 1. The molecule has 3 heterocycles. The SMILES string of the molecule is C=CC(=O)OCC(C)(COC(=O)C=C)NC(=O)OCC(CSc1cccc(-c2cccc3c2sc2ccccc23)c1)(CSc1cccc(-c2cccc3c2sc2ccccc23)c1)CSc1nc2ccccc2s1. The van der Waals surface area contributed by atoms with Gasteiger partial charge in [0.1, 0.15) is 25.4 Å². The predicted octanol–water partition coefficient (Wildman–Crippen LogP) is 16.0. The number of carbonyl (C=O) groups excluding carboxylic acids is 3. The molecule has 0 aliphatic rings. The van der Waals surface area contributed by atoms with E-state index in [1.165, 1.54) is 51.5 Å². The molecule has 0 aliphatic heterocycles. The van der Waals surface area contributed by atoms with Gasteiger partial charge in [0.15, 0.2) is 4.34 Å². The smallest absolute Gasteiger partial charge is 0.407 e. The molecule has 0 saturated carbocycles. The molecular formula is C59H48N2O6S6. The summed E-state index contributed by atoms with van der Waals surface area (Å²) in [5, 5.41) is 7.85. The van der Waals surface area contributed by atoms with Crippen LogP contribution in [0.2, 0.25) is 0 Å². The molecule has 10 rings (SSSR count).